The average Bonchev–Trinajstić information content (AvgIpc) is 2.45. The molecule has 24 heavy (non-hydrogen) atoms. The number of rotatable bonds is 8. The van der Waals surface area contributed by atoms with Crippen LogP contribution in [0.2, 0.25) is 0 Å². The largest absolute Gasteiger partial charge is 0.346 e. The minimum atomic E-state index is -3.56. The van der Waals surface area contributed by atoms with Crippen LogP contribution in [0.1, 0.15) is 51.4 Å². The predicted octanol–water partition coefficient (Wildman–Crippen LogP) is 1.87. The molecule has 0 saturated heterocycles. The van der Waals surface area contributed by atoms with Gasteiger partial charge < -0.3 is 11.1 Å². The maximum Gasteiger partial charge on any atom is 0.251 e. The number of sulfonamides is 1. The molecule has 7 heteroatoms. The van der Waals surface area contributed by atoms with Crippen LogP contribution in [0.15, 0.2) is 29.2 Å². The van der Waals surface area contributed by atoms with Crippen LogP contribution in [0, 0.1) is 5.92 Å². The molecular weight excluding hydrogens is 326 g/mol. The summed E-state index contributed by atoms with van der Waals surface area (Å²) in [5.41, 5.74) is 5.72. The molecule has 1 rings (SSSR count). The number of benzene rings is 1. The third-order valence-corrected chi connectivity index (χ3v) is 5.22. The minimum Gasteiger partial charge on any atom is -0.346 e. The summed E-state index contributed by atoms with van der Waals surface area (Å²) in [4.78, 5) is 12.5. The molecule has 6 nitrogen and oxygen atoms in total. The lowest BCUT2D eigenvalue weighted by atomic mass is 9.90. The second-order valence-electron chi connectivity index (χ2n) is 7.12. The molecule has 0 fully saturated rings. The SMILES string of the molecule is CC(C)CC(C)(CN)NC(=O)c1ccc(S(=O)(=O)NC(C)C)cc1. The minimum absolute atomic E-state index is 0.136. The molecule has 0 spiro atoms. The predicted molar refractivity (Wildman–Crippen MR) is 96.3 cm³/mol. The van der Waals surface area contributed by atoms with E-state index in [0.29, 0.717) is 18.0 Å². The second kappa shape index (κ2) is 8.09. The second-order valence-corrected chi connectivity index (χ2v) is 8.83. The molecule has 1 aromatic carbocycles. The zero-order valence-corrected chi connectivity index (χ0v) is 15.9. The van der Waals surface area contributed by atoms with Crippen LogP contribution in [-0.2, 0) is 10.0 Å². The number of carbonyl (C=O) groups excluding carboxylic acids is 1. The van der Waals surface area contributed by atoms with Gasteiger partial charge in [0.1, 0.15) is 0 Å². The van der Waals surface area contributed by atoms with Gasteiger partial charge in [0.05, 0.1) is 4.90 Å². The maximum atomic E-state index is 12.4. The Hall–Kier alpha value is -1.44. The normalized spacial score (nSPS) is 14.7. The van der Waals surface area contributed by atoms with Crippen molar-refractivity contribution in [3.05, 3.63) is 29.8 Å². The summed E-state index contributed by atoms with van der Waals surface area (Å²) in [6.45, 7) is 9.89. The Kier molecular flexibility index (Phi) is 6.95. The van der Waals surface area contributed by atoms with Crippen molar-refractivity contribution < 1.29 is 13.2 Å². The summed E-state index contributed by atoms with van der Waals surface area (Å²) in [6, 6.07) is 5.69. The van der Waals surface area contributed by atoms with Gasteiger partial charge >= 0.3 is 0 Å². The van der Waals surface area contributed by atoms with Crippen LogP contribution in [-0.4, -0.2) is 32.5 Å². The zero-order chi connectivity index (χ0) is 18.5. The monoisotopic (exact) mass is 355 g/mol. The smallest absolute Gasteiger partial charge is 0.251 e. The van der Waals surface area contributed by atoms with E-state index >= 15 is 0 Å². The van der Waals surface area contributed by atoms with Gasteiger partial charge in [0, 0.05) is 23.7 Å². The van der Waals surface area contributed by atoms with Crippen molar-refractivity contribution in [3.8, 4) is 0 Å². The molecular formula is C17H29N3O3S. The fraction of sp³-hybridized carbons (Fsp3) is 0.588. The summed E-state index contributed by atoms with van der Waals surface area (Å²) in [7, 11) is -3.56. The van der Waals surface area contributed by atoms with Crippen molar-refractivity contribution >= 4 is 15.9 Å². The lowest BCUT2D eigenvalue weighted by Gasteiger charge is -2.31. The highest BCUT2D eigenvalue weighted by Crippen LogP contribution is 2.17. The van der Waals surface area contributed by atoms with Crippen LogP contribution in [0.3, 0.4) is 0 Å². The zero-order valence-electron chi connectivity index (χ0n) is 15.1. The van der Waals surface area contributed by atoms with E-state index in [0.717, 1.165) is 6.42 Å². The third kappa shape index (κ3) is 5.89. The first-order chi connectivity index (χ1) is 11.0. The molecule has 1 atom stereocenters. The Labute approximate surface area is 145 Å². The summed E-state index contributed by atoms with van der Waals surface area (Å²) >= 11 is 0. The molecule has 1 unspecified atom stereocenters. The van der Waals surface area contributed by atoms with Crippen LogP contribution in [0.4, 0.5) is 0 Å². The Balaban J connectivity index is 2.91. The van der Waals surface area contributed by atoms with Crippen molar-refractivity contribution in [2.24, 2.45) is 11.7 Å². The Morgan fingerprint density at radius 2 is 1.71 bits per heavy atom. The van der Waals surface area contributed by atoms with Gasteiger partial charge in [-0.1, -0.05) is 13.8 Å². The molecule has 0 radical (unpaired) electrons. The lowest BCUT2D eigenvalue weighted by Crippen LogP contribution is -2.52. The average molecular weight is 356 g/mol. The Morgan fingerprint density at radius 3 is 2.12 bits per heavy atom. The number of hydrogen-bond acceptors (Lipinski definition) is 4. The first-order valence-electron chi connectivity index (χ1n) is 8.14. The molecule has 0 aliphatic rings. The van der Waals surface area contributed by atoms with E-state index in [-0.39, 0.29) is 16.8 Å². The van der Waals surface area contributed by atoms with Gasteiger partial charge in [0.25, 0.3) is 5.91 Å². The highest BCUT2D eigenvalue weighted by Gasteiger charge is 2.26. The van der Waals surface area contributed by atoms with Crippen molar-refractivity contribution in [1.82, 2.24) is 10.0 Å². The quantitative estimate of drug-likeness (QED) is 0.662. The maximum absolute atomic E-state index is 12.4. The molecule has 0 aliphatic carbocycles. The summed E-state index contributed by atoms with van der Waals surface area (Å²) < 4.78 is 26.7. The van der Waals surface area contributed by atoms with Crippen molar-refractivity contribution in [2.75, 3.05) is 6.54 Å². The van der Waals surface area contributed by atoms with Gasteiger partial charge in [0.2, 0.25) is 10.0 Å². The van der Waals surface area contributed by atoms with E-state index in [1.54, 1.807) is 13.8 Å². The highest BCUT2D eigenvalue weighted by atomic mass is 32.2. The van der Waals surface area contributed by atoms with Crippen LogP contribution in [0.5, 0.6) is 0 Å². The van der Waals surface area contributed by atoms with Gasteiger partial charge in [-0.3, -0.25) is 4.79 Å². The van der Waals surface area contributed by atoms with E-state index in [1.165, 1.54) is 24.3 Å². The fourth-order valence-corrected chi connectivity index (χ4v) is 3.85. The van der Waals surface area contributed by atoms with Gasteiger partial charge in [0.15, 0.2) is 0 Å². The molecule has 4 N–H and O–H groups in total. The van der Waals surface area contributed by atoms with Crippen molar-refractivity contribution in [2.45, 2.75) is 57.5 Å². The van der Waals surface area contributed by atoms with Crippen LogP contribution < -0.4 is 15.8 Å². The van der Waals surface area contributed by atoms with Crippen LogP contribution in [0.25, 0.3) is 0 Å². The van der Waals surface area contributed by atoms with Gasteiger partial charge in [-0.2, -0.15) is 0 Å². The van der Waals surface area contributed by atoms with Crippen LogP contribution >= 0.6 is 0 Å². The Bertz CT molecular complexity index is 654. The summed E-state index contributed by atoms with van der Waals surface area (Å²) in [5, 5.41) is 2.95. The van der Waals surface area contributed by atoms with Crippen molar-refractivity contribution in [3.63, 3.8) is 0 Å². The summed E-state index contributed by atoms with van der Waals surface area (Å²) in [6.07, 6.45) is 0.764. The lowest BCUT2D eigenvalue weighted by molar-refractivity contribution is 0.0898. The molecule has 1 aromatic rings. The molecule has 136 valence electrons. The number of nitrogens with two attached hydrogens (primary N) is 1. The van der Waals surface area contributed by atoms with E-state index in [9.17, 15) is 13.2 Å². The molecule has 0 aromatic heterocycles. The first kappa shape index (κ1) is 20.6. The molecule has 0 saturated carbocycles. The first-order valence-corrected chi connectivity index (χ1v) is 9.62. The topological polar surface area (TPSA) is 101 Å². The summed E-state index contributed by atoms with van der Waals surface area (Å²) in [5.74, 6) is 0.137. The van der Waals surface area contributed by atoms with E-state index in [1.807, 2.05) is 6.92 Å². The van der Waals surface area contributed by atoms with E-state index in [2.05, 4.69) is 23.9 Å². The third-order valence-electron chi connectivity index (χ3n) is 3.54. The Morgan fingerprint density at radius 1 is 1.17 bits per heavy atom. The number of nitrogens with one attached hydrogen (secondary N) is 2. The standard InChI is InChI=1S/C17H29N3O3S/c1-12(2)10-17(5,11-18)19-16(21)14-6-8-15(9-7-14)24(22,23)20-13(3)4/h6-9,12-13,20H,10-11,18H2,1-5H3,(H,19,21). The molecule has 1 amide bonds. The van der Waals surface area contributed by atoms with Crippen molar-refractivity contribution in [1.29, 1.82) is 0 Å². The van der Waals surface area contributed by atoms with Gasteiger partial charge in [-0.25, -0.2) is 13.1 Å². The van der Waals surface area contributed by atoms with E-state index < -0.39 is 15.6 Å². The number of amides is 1. The van der Waals surface area contributed by atoms with Gasteiger partial charge in [-0.15, -0.1) is 0 Å². The molecule has 0 aliphatic heterocycles. The number of hydrogen-bond donors (Lipinski definition) is 3. The molecule has 0 bridgehead atoms. The van der Waals surface area contributed by atoms with Gasteiger partial charge in [-0.05, 0) is 57.4 Å². The molecule has 0 heterocycles. The highest BCUT2D eigenvalue weighted by molar-refractivity contribution is 7.89. The van der Waals surface area contributed by atoms with E-state index in [4.69, 9.17) is 5.73 Å². The number of carbonyl (C=O) groups is 1. The fourth-order valence-electron chi connectivity index (χ4n) is 2.60.